The molecule has 1 atom stereocenters. The van der Waals surface area contributed by atoms with E-state index < -0.39 is 17.7 Å². The Morgan fingerprint density at radius 3 is 2.66 bits per heavy atom. The number of carbonyl (C=O) groups is 2. The van der Waals surface area contributed by atoms with E-state index >= 15 is 0 Å². The van der Waals surface area contributed by atoms with Crippen LogP contribution in [0.1, 0.15) is 28.5 Å². The number of amides is 1. The van der Waals surface area contributed by atoms with Gasteiger partial charge >= 0.3 is 0 Å². The third kappa shape index (κ3) is 4.44. The molecule has 2 aromatic rings. The summed E-state index contributed by atoms with van der Waals surface area (Å²) in [6.45, 7) is 6.36. The van der Waals surface area contributed by atoms with Crippen LogP contribution in [0.5, 0.6) is 5.75 Å². The molecule has 170 valence electrons. The lowest BCUT2D eigenvalue weighted by molar-refractivity contribution is -0.140. The fourth-order valence-electron chi connectivity index (χ4n) is 4.32. The monoisotopic (exact) mass is 456 g/mol. The third-order valence-electron chi connectivity index (χ3n) is 6.00. The van der Waals surface area contributed by atoms with Gasteiger partial charge in [-0.15, -0.1) is 11.3 Å². The summed E-state index contributed by atoms with van der Waals surface area (Å²) in [5.41, 5.74) is 1.48. The first kappa shape index (κ1) is 22.5. The molecule has 0 spiro atoms. The van der Waals surface area contributed by atoms with E-state index in [0.717, 1.165) is 49.7 Å². The van der Waals surface area contributed by atoms with E-state index in [2.05, 4.69) is 4.90 Å². The second-order valence-electron chi connectivity index (χ2n) is 8.00. The molecule has 3 heterocycles. The number of aliphatic hydroxyl groups is 1. The molecular weight excluding hydrogens is 428 g/mol. The summed E-state index contributed by atoms with van der Waals surface area (Å²) in [4.78, 5) is 30.8. The van der Waals surface area contributed by atoms with Gasteiger partial charge in [0.25, 0.3) is 11.7 Å². The second kappa shape index (κ2) is 9.85. The van der Waals surface area contributed by atoms with Gasteiger partial charge in [0, 0.05) is 36.6 Å². The quantitative estimate of drug-likeness (QED) is 0.392. The maximum absolute atomic E-state index is 13.1. The number of morpholine rings is 1. The Bertz CT molecular complexity index is 1010. The Labute approximate surface area is 191 Å². The van der Waals surface area contributed by atoms with Crippen LogP contribution in [0.2, 0.25) is 0 Å². The fourth-order valence-corrected chi connectivity index (χ4v) is 5.17. The van der Waals surface area contributed by atoms with Crippen molar-refractivity contribution >= 4 is 28.8 Å². The van der Waals surface area contributed by atoms with Gasteiger partial charge in [0.1, 0.15) is 11.5 Å². The molecule has 0 aliphatic carbocycles. The molecule has 32 heavy (non-hydrogen) atoms. The molecule has 0 unspecified atom stereocenters. The molecule has 0 saturated carbocycles. The van der Waals surface area contributed by atoms with Crippen molar-refractivity contribution in [3.63, 3.8) is 0 Å². The van der Waals surface area contributed by atoms with Gasteiger partial charge in [-0.3, -0.25) is 14.5 Å². The smallest absolute Gasteiger partial charge is 0.295 e. The van der Waals surface area contributed by atoms with Crippen LogP contribution in [-0.2, 0) is 14.3 Å². The van der Waals surface area contributed by atoms with E-state index in [-0.39, 0.29) is 11.3 Å². The summed E-state index contributed by atoms with van der Waals surface area (Å²) in [7, 11) is 1.58. The third-order valence-corrected chi connectivity index (χ3v) is 6.92. The maximum atomic E-state index is 13.1. The van der Waals surface area contributed by atoms with E-state index in [1.807, 2.05) is 24.4 Å². The van der Waals surface area contributed by atoms with Gasteiger partial charge in [-0.2, -0.15) is 0 Å². The second-order valence-corrected chi connectivity index (χ2v) is 8.98. The van der Waals surface area contributed by atoms with E-state index in [4.69, 9.17) is 9.47 Å². The van der Waals surface area contributed by atoms with Crippen molar-refractivity contribution in [3.8, 4) is 5.75 Å². The highest BCUT2D eigenvalue weighted by atomic mass is 32.1. The van der Waals surface area contributed by atoms with E-state index in [1.165, 1.54) is 11.3 Å². The number of carbonyl (C=O) groups excluding carboxylic acids is 2. The van der Waals surface area contributed by atoms with Crippen LogP contribution in [0.3, 0.4) is 0 Å². The molecule has 1 amide bonds. The zero-order valence-corrected chi connectivity index (χ0v) is 19.2. The number of likely N-dealkylation sites (tertiary alicyclic amines) is 1. The lowest BCUT2D eigenvalue weighted by Crippen LogP contribution is -2.38. The van der Waals surface area contributed by atoms with Gasteiger partial charge < -0.3 is 19.5 Å². The Morgan fingerprint density at radius 2 is 2.00 bits per heavy atom. The molecule has 1 aromatic carbocycles. The number of ether oxygens (including phenoxy) is 2. The Kier molecular flexibility index (Phi) is 6.93. The van der Waals surface area contributed by atoms with E-state index in [1.54, 1.807) is 30.2 Å². The van der Waals surface area contributed by atoms with Crippen LogP contribution in [-0.4, -0.2) is 73.1 Å². The van der Waals surface area contributed by atoms with Crippen molar-refractivity contribution in [2.24, 2.45) is 0 Å². The summed E-state index contributed by atoms with van der Waals surface area (Å²) < 4.78 is 10.7. The molecule has 7 nitrogen and oxygen atoms in total. The number of methoxy groups -OCH3 is 1. The molecule has 2 aliphatic heterocycles. The number of thiophene rings is 1. The molecule has 0 bridgehead atoms. The van der Waals surface area contributed by atoms with Gasteiger partial charge in [-0.1, -0.05) is 6.07 Å². The van der Waals surface area contributed by atoms with E-state index in [9.17, 15) is 14.7 Å². The minimum atomic E-state index is -0.638. The lowest BCUT2D eigenvalue weighted by atomic mass is 9.98. The molecule has 1 N–H and O–H groups in total. The normalized spacial score (nSPS) is 21.3. The molecule has 8 heteroatoms. The first-order valence-corrected chi connectivity index (χ1v) is 11.7. The molecule has 2 fully saturated rings. The molecule has 1 aromatic heterocycles. The lowest BCUT2D eigenvalue weighted by Gasteiger charge is -2.28. The van der Waals surface area contributed by atoms with Gasteiger partial charge in [0.05, 0.1) is 31.9 Å². The van der Waals surface area contributed by atoms with Crippen LogP contribution < -0.4 is 4.74 Å². The number of nitrogens with zero attached hydrogens (tertiary/aromatic N) is 2. The molecule has 2 aliphatic rings. The Hall–Kier alpha value is -2.68. The molecular formula is C24H28N2O5S. The minimum absolute atomic E-state index is 0.147. The largest absolute Gasteiger partial charge is 0.507 e. The Balaban J connectivity index is 1.63. The number of ketones is 1. The summed E-state index contributed by atoms with van der Waals surface area (Å²) in [5.74, 6) is -0.652. The first-order valence-electron chi connectivity index (χ1n) is 10.8. The molecule has 0 radical (unpaired) electrons. The number of Topliss-reactive ketones (excluding diaryl/α,β-unsaturated/α-hetero) is 1. The highest BCUT2D eigenvalue weighted by molar-refractivity contribution is 7.10. The van der Waals surface area contributed by atoms with Gasteiger partial charge in [0.15, 0.2) is 0 Å². The predicted molar refractivity (Wildman–Crippen MR) is 123 cm³/mol. The van der Waals surface area contributed by atoms with Crippen LogP contribution in [0.25, 0.3) is 5.76 Å². The topological polar surface area (TPSA) is 79.3 Å². The van der Waals surface area contributed by atoms with Crippen LogP contribution >= 0.6 is 11.3 Å². The summed E-state index contributed by atoms with van der Waals surface area (Å²) in [5, 5.41) is 13.1. The summed E-state index contributed by atoms with van der Waals surface area (Å²) in [6.07, 6.45) is 0.747. The maximum Gasteiger partial charge on any atom is 0.295 e. The summed E-state index contributed by atoms with van der Waals surface area (Å²) >= 11 is 1.48. The SMILES string of the molecule is COc1ccc(/C(O)=C2\C(=O)C(=O)N(CCCN3CCOCC3)[C@H]2c2cccs2)cc1C. The van der Waals surface area contributed by atoms with Crippen molar-refractivity contribution in [2.75, 3.05) is 46.5 Å². The van der Waals surface area contributed by atoms with Crippen molar-refractivity contribution in [1.82, 2.24) is 9.80 Å². The van der Waals surface area contributed by atoms with E-state index in [0.29, 0.717) is 17.9 Å². The highest BCUT2D eigenvalue weighted by Crippen LogP contribution is 2.41. The van der Waals surface area contributed by atoms with Crippen molar-refractivity contribution in [2.45, 2.75) is 19.4 Å². The van der Waals surface area contributed by atoms with Crippen LogP contribution in [0.15, 0.2) is 41.3 Å². The van der Waals surface area contributed by atoms with Crippen LogP contribution in [0, 0.1) is 6.92 Å². The van der Waals surface area contributed by atoms with Crippen molar-refractivity contribution in [1.29, 1.82) is 0 Å². The van der Waals surface area contributed by atoms with Crippen LogP contribution in [0.4, 0.5) is 0 Å². The summed E-state index contributed by atoms with van der Waals surface area (Å²) in [6, 6.07) is 8.45. The zero-order valence-electron chi connectivity index (χ0n) is 18.4. The van der Waals surface area contributed by atoms with Gasteiger partial charge in [-0.25, -0.2) is 0 Å². The number of hydrogen-bond acceptors (Lipinski definition) is 7. The fraction of sp³-hybridized carbons (Fsp3) is 0.417. The number of benzene rings is 1. The standard InChI is InChI=1S/C24H28N2O5S/c1-16-15-17(6-7-18(16)30-2)22(27)20-21(19-5-3-14-32-19)26(24(29)23(20)28)9-4-8-25-10-12-31-13-11-25/h3,5-7,14-15,21,27H,4,8-13H2,1-2H3/b22-20+/t21-/m0/s1. The number of aryl methyl sites for hydroxylation is 1. The van der Waals surface area contributed by atoms with Crippen molar-refractivity contribution in [3.05, 3.63) is 57.3 Å². The average molecular weight is 457 g/mol. The first-order chi connectivity index (χ1) is 15.5. The highest BCUT2D eigenvalue weighted by Gasteiger charge is 2.46. The molecule has 2 saturated heterocycles. The average Bonchev–Trinajstić information content (AvgIpc) is 3.42. The zero-order chi connectivity index (χ0) is 22.7. The number of hydrogen-bond donors (Lipinski definition) is 1. The minimum Gasteiger partial charge on any atom is -0.507 e. The number of rotatable bonds is 7. The van der Waals surface area contributed by atoms with Crippen molar-refractivity contribution < 1.29 is 24.2 Å². The number of aliphatic hydroxyl groups excluding tert-OH is 1. The predicted octanol–water partition coefficient (Wildman–Crippen LogP) is 3.21. The Morgan fingerprint density at radius 1 is 1.22 bits per heavy atom. The molecule has 4 rings (SSSR count). The van der Waals surface area contributed by atoms with Gasteiger partial charge in [-0.05, 0) is 48.6 Å². The van der Waals surface area contributed by atoms with Gasteiger partial charge in [0.2, 0.25) is 0 Å².